The number of fused-ring (bicyclic) bond motifs is 1. The van der Waals surface area contributed by atoms with E-state index in [1.807, 2.05) is 13.0 Å². The molecule has 3 aromatic rings. The molecule has 0 aliphatic carbocycles. The third-order valence-electron chi connectivity index (χ3n) is 3.87. The molecule has 0 N–H and O–H groups in total. The molecular formula is C17H14FN3O4. The SMILES string of the molecule is COc1cc(Cn2cnc3ccc(C)cc3c2=O)c([N+](=O)[O-])cc1F. The topological polar surface area (TPSA) is 87.3 Å². The quantitative estimate of drug-likeness (QED) is 0.537. The van der Waals surface area contributed by atoms with E-state index in [0.717, 1.165) is 11.6 Å². The lowest BCUT2D eigenvalue weighted by Crippen LogP contribution is -2.21. The molecule has 3 rings (SSSR count). The van der Waals surface area contributed by atoms with E-state index >= 15 is 0 Å². The molecule has 0 aliphatic rings. The highest BCUT2D eigenvalue weighted by atomic mass is 19.1. The molecule has 0 aliphatic heterocycles. The van der Waals surface area contributed by atoms with E-state index < -0.39 is 16.4 Å². The molecule has 1 aromatic heterocycles. The van der Waals surface area contributed by atoms with Crippen LogP contribution in [0.2, 0.25) is 0 Å². The van der Waals surface area contributed by atoms with Crippen LogP contribution in [0.5, 0.6) is 5.75 Å². The van der Waals surface area contributed by atoms with E-state index in [0.29, 0.717) is 10.9 Å². The number of ether oxygens (including phenoxy) is 1. The lowest BCUT2D eigenvalue weighted by molar-refractivity contribution is -0.385. The summed E-state index contributed by atoms with van der Waals surface area (Å²) in [5, 5.41) is 11.6. The van der Waals surface area contributed by atoms with Crippen molar-refractivity contribution in [3.05, 3.63) is 74.1 Å². The number of halogens is 1. The summed E-state index contributed by atoms with van der Waals surface area (Å²) < 4.78 is 19.9. The summed E-state index contributed by atoms with van der Waals surface area (Å²) in [4.78, 5) is 27.3. The van der Waals surface area contributed by atoms with Crippen LogP contribution in [0.15, 0.2) is 41.5 Å². The molecule has 0 spiro atoms. The van der Waals surface area contributed by atoms with E-state index in [1.165, 1.54) is 24.1 Å². The van der Waals surface area contributed by atoms with Gasteiger partial charge in [-0.3, -0.25) is 19.5 Å². The van der Waals surface area contributed by atoms with Crippen LogP contribution in [0.25, 0.3) is 10.9 Å². The summed E-state index contributed by atoms with van der Waals surface area (Å²) in [5.41, 5.74) is 0.844. The molecule has 7 nitrogen and oxygen atoms in total. The number of benzene rings is 2. The third kappa shape index (κ3) is 3.06. The van der Waals surface area contributed by atoms with Crippen molar-refractivity contribution in [3.8, 4) is 5.75 Å². The van der Waals surface area contributed by atoms with Crippen molar-refractivity contribution in [2.24, 2.45) is 0 Å². The van der Waals surface area contributed by atoms with Crippen LogP contribution in [-0.4, -0.2) is 21.6 Å². The molecule has 0 saturated carbocycles. The van der Waals surface area contributed by atoms with Crippen LogP contribution in [-0.2, 0) is 6.54 Å². The first-order valence-electron chi connectivity index (χ1n) is 7.37. The van der Waals surface area contributed by atoms with Crippen LogP contribution in [0, 0.1) is 22.9 Å². The number of aryl methyl sites for hydroxylation is 1. The van der Waals surface area contributed by atoms with E-state index in [9.17, 15) is 19.3 Å². The molecule has 0 atom stereocenters. The molecule has 25 heavy (non-hydrogen) atoms. The Labute approximate surface area is 141 Å². The van der Waals surface area contributed by atoms with Crippen LogP contribution in [0.3, 0.4) is 0 Å². The second-order valence-corrected chi connectivity index (χ2v) is 5.57. The van der Waals surface area contributed by atoms with Gasteiger partial charge in [0.1, 0.15) is 0 Å². The van der Waals surface area contributed by atoms with Gasteiger partial charge in [0, 0.05) is 0 Å². The minimum Gasteiger partial charge on any atom is -0.494 e. The lowest BCUT2D eigenvalue weighted by Gasteiger charge is -2.10. The van der Waals surface area contributed by atoms with Crippen LogP contribution in [0.1, 0.15) is 11.1 Å². The second kappa shape index (κ2) is 6.31. The predicted molar refractivity (Wildman–Crippen MR) is 89.4 cm³/mol. The number of methoxy groups -OCH3 is 1. The molecule has 0 unspecified atom stereocenters. The Morgan fingerprint density at radius 2 is 2.08 bits per heavy atom. The Kier molecular flexibility index (Phi) is 4.18. The van der Waals surface area contributed by atoms with Crippen LogP contribution < -0.4 is 10.3 Å². The summed E-state index contributed by atoms with van der Waals surface area (Å²) in [6, 6.07) is 7.30. The fourth-order valence-corrected chi connectivity index (χ4v) is 2.61. The standard InChI is InChI=1S/C17H14FN3O4/c1-10-3-4-14-12(5-10)17(22)20(9-19-14)8-11-6-16(25-2)13(18)7-15(11)21(23)24/h3-7,9H,8H2,1-2H3. The second-order valence-electron chi connectivity index (χ2n) is 5.57. The van der Waals surface area contributed by atoms with Gasteiger partial charge in [0.2, 0.25) is 0 Å². The molecule has 2 aromatic carbocycles. The summed E-state index contributed by atoms with van der Waals surface area (Å²) >= 11 is 0. The van der Waals surface area contributed by atoms with Crippen molar-refractivity contribution >= 4 is 16.6 Å². The average molecular weight is 343 g/mol. The molecule has 8 heteroatoms. The van der Waals surface area contributed by atoms with Gasteiger partial charge in [0.25, 0.3) is 11.2 Å². The fourth-order valence-electron chi connectivity index (χ4n) is 2.61. The van der Waals surface area contributed by atoms with Gasteiger partial charge < -0.3 is 4.74 Å². The average Bonchev–Trinajstić information content (AvgIpc) is 2.58. The third-order valence-corrected chi connectivity index (χ3v) is 3.87. The van der Waals surface area contributed by atoms with Gasteiger partial charge in [-0.05, 0) is 25.1 Å². The summed E-state index contributed by atoms with van der Waals surface area (Å²) in [7, 11) is 1.26. The van der Waals surface area contributed by atoms with Crippen molar-refractivity contribution in [3.63, 3.8) is 0 Å². The molecule has 1 heterocycles. The number of aromatic nitrogens is 2. The number of rotatable bonds is 4. The van der Waals surface area contributed by atoms with Crippen LogP contribution in [0.4, 0.5) is 10.1 Å². The highest BCUT2D eigenvalue weighted by Crippen LogP contribution is 2.28. The van der Waals surface area contributed by atoms with E-state index in [1.54, 1.807) is 12.1 Å². The Hall–Kier alpha value is -3.29. The maximum absolute atomic E-state index is 13.8. The Balaban J connectivity index is 2.14. The maximum Gasteiger partial charge on any atom is 0.277 e. The van der Waals surface area contributed by atoms with Gasteiger partial charge in [-0.15, -0.1) is 0 Å². The van der Waals surface area contributed by atoms with Crippen molar-refractivity contribution in [1.82, 2.24) is 9.55 Å². The zero-order chi connectivity index (χ0) is 18.1. The van der Waals surface area contributed by atoms with E-state index in [4.69, 9.17) is 4.74 Å². The highest BCUT2D eigenvalue weighted by Gasteiger charge is 2.20. The molecule has 0 fully saturated rings. The lowest BCUT2D eigenvalue weighted by atomic mass is 10.1. The number of hydrogen-bond acceptors (Lipinski definition) is 5. The van der Waals surface area contributed by atoms with E-state index in [-0.39, 0.29) is 23.4 Å². The van der Waals surface area contributed by atoms with Crippen molar-refractivity contribution < 1.29 is 14.1 Å². The largest absolute Gasteiger partial charge is 0.494 e. The van der Waals surface area contributed by atoms with Crippen molar-refractivity contribution in [2.75, 3.05) is 7.11 Å². The summed E-state index contributed by atoms with van der Waals surface area (Å²) in [6.45, 7) is 1.73. The number of nitro benzene ring substituents is 1. The Morgan fingerprint density at radius 3 is 2.76 bits per heavy atom. The number of nitro groups is 1. The van der Waals surface area contributed by atoms with Gasteiger partial charge in [0.15, 0.2) is 11.6 Å². The minimum atomic E-state index is -0.836. The molecular weight excluding hydrogens is 329 g/mol. The molecule has 128 valence electrons. The highest BCUT2D eigenvalue weighted by molar-refractivity contribution is 5.77. The van der Waals surface area contributed by atoms with Gasteiger partial charge in [-0.2, -0.15) is 0 Å². The fraction of sp³-hybridized carbons (Fsp3) is 0.176. The van der Waals surface area contributed by atoms with E-state index in [2.05, 4.69) is 4.98 Å². The summed E-state index contributed by atoms with van der Waals surface area (Å²) in [5.74, 6) is -0.962. The minimum absolute atomic E-state index is 0.122. The zero-order valence-corrected chi connectivity index (χ0v) is 13.5. The summed E-state index contributed by atoms with van der Waals surface area (Å²) in [6.07, 6.45) is 1.32. The molecule has 0 amide bonds. The van der Waals surface area contributed by atoms with Gasteiger partial charge >= 0.3 is 0 Å². The van der Waals surface area contributed by atoms with Gasteiger partial charge in [-0.1, -0.05) is 11.6 Å². The molecule has 0 radical (unpaired) electrons. The maximum atomic E-state index is 13.8. The van der Waals surface area contributed by atoms with Crippen LogP contribution >= 0.6 is 0 Å². The smallest absolute Gasteiger partial charge is 0.277 e. The number of nitrogens with zero attached hydrogens (tertiary/aromatic N) is 3. The first-order valence-corrected chi connectivity index (χ1v) is 7.37. The number of hydrogen-bond donors (Lipinski definition) is 0. The predicted octanol–water partition coefficient (Wildman–Crippen LogP) is 2.81. The zero-order valence-electron chi connectivity index (χ0n) is 13.5. The Bertz CT molecular complexity index is 1050. The first kappa shape index (κ1) is 16.6. The van der Waals surface area contributed by atoms with Gasteiger partial charge in [0.05, 0.1) is 47.4 Å². The molecule has 0 bridgehead atoms. The normalized spacial score (nSPS) is 10.8. The first-order chi connectivity index (χ1) is 11.9. The monoisotopic (exact) mass is 343 g/mol. The molecule has 0 saturated heterocycles. The van der Waals surface area contributed by atoms with Crippen molar-refractivity contribution in [2.45, 2.75) is 13.5 Å². The van der Waals surface area contributed by atoms with Crippen molar-refractivity contribution in [1.29, 1.82) is 0 Å². The Morgan fingerprint density at radius 1 is 1.32 bits per heavy atom. The van der Waals surface area contributed by atoms with Gasteiger partial charge in [-0.25, -0.2) is 9.37 Å².